The van der Waals surface area contributed by atoms with Crippen molar-refractivity contribution in [3.63, 3.8) is 0 Å². The van der Waals surface area contributed by atoms with Crippen LogP contribution in [0.4, 0.5) is 10.1 Å². The smallest absolute Gasteiger partial charge is 0.143 e. The average molecular weight is 277 g/mol. The van der Waals surface area contributed by atoms with Gasteiger partial charge in [0.15, 0.2) is 0 Å². The number of piperazine rings is 1. The van der Waals surface area contributed by atoms with Crippen molar-refractivity contribution in [1.82, 2.24) is 4.90 Å². The molecule has 0 N–H and O–H groups in total. The fourth-order valence-electron chi connectivity index (χ4n) is 2.07. The van der Waals surface area contributed by atoms with Gasteiger partial charge < -0.3 is 4.90 Å². The van der Waals surface area contributed by atoms with Crippen LogP contribution in [0.1, 0.15) is 0 Å². The van der Waals surface area contributed by atoms with Crippen LogP contribution in [0.15, 0.2) is 18.2 Å². The van der Waals surface area contributed by atoms with Crippen molar-refractivity contribution < 1.29 is 4.39 Å². The van der Waals surface area contributed by atoms with Gasteiger partial charge in [-0.3, -0.25) is 4.90 Å². The Morgan fingerprint density at radius 1 is 1.18 bits per heavy atom. The van der Waals surface area contributed by atoms with Crippen LogP contribution in [-0.2, 0) is 0 Å². The molecule has 1 aliphatic rings. The first-order valence-corrected chi connectivity index (χ1v) is 6.61. The summed E-state index contributed by atoms with van der Waals surface area (Å²) < 4.78 is 13.3. The van der Waals surface area contributed by atoms with Crippen LogP contribution in [-0.4, -0.2) is 43.5 Å². The monoisotopic (exact) mass is 276 g/mol. The van der Waals surface area contributed by atoms with E-state index in [0.717, 1.165) is 38.4 Å². The summed E-state index contributed by atoms with van der Waals surface area (Å²) in [5.41, 5.74) is 0.789. The van der Waals surface area contributed by atoms with Crippen LogP contribution in [0.25, 0.3) is 0 Å². The largest absolute Gasteiger partial charge is 0.368 e. The van der Waals surface area contributed by atoms with Crippen molar-refractivity contribution in [2.24, 2.45) is 0 Å². The molecule has 94 valence electrons. The van der Waals surface area contributed by atoms with Crippen molar-refractivity contribution in [1.29, 1.82) is 0 Å². The first-order chi connectivity index (χ1) is 8.22. The number of hydrogen-bond donors (Lipinski definition) is 0. The molecule has 1 fully saturated rings. The van der Waals surface area contributed by atoms with E-state index in [9.17, 15) is 4.39 Å². The zero-order chi connectivity index (χ0) is 12.3. The van der Waals surface area contributed by atoms with Gasteiger partial charge in [-0.05, 0) is 12.1 Å². The Morgan fingerprint density at radius 3 is 2.53 bits per heavy atom. The predicted octanol–water partition coefficient (Wildman–Crippen LogP) is 2.84. The van der Waals surface area contributed by atoms with Crippen molar-refractivity contribution in [2.75, 3.05) is 43.5 Å². The van der Waals surface area contributed by atoms with Gasteiger partial charge in [-0.1, -0.05) is 17.7 Å². The molecule has 1 heterocycles. The third-order valence-corrected chi connectivity index (χ3v) is 3.59. The number of anilines is 1. The van der Waals surface area contributed by atoms with E-state index < -0.39 is 0 Å². The maximum absolute atomic E-state index is 13.3. The number of nitrogens with zero attached hydrogens (tertiary/aromatic N) is 2. The van der Waals surface area contributed by atoms with Gasteiger partial charge in [0.25, 0.3) is 0 Å². The van der Waals surface area contributed by atoms with Gasteiger partial charge in [0, 0.05) is 38.6 Å². The minimum atomic E-state index is -0.354. The van der Waals surface area contributed by atoms with Crippen molar-refractivity contribution in [3.8, 4) is 0 Å². The highest BCUT2D eigenvalue weighted by molar-refractivity contribution is 6.33. The molecule has 17 heavy (non-hydrogen) atoms. The standard InChI is InChI=1S/C12H15Cl2FN2/c13-4-5-16-6-8-17(9-7-16)11-3-1-2-10(15)12(11)14/h1-3H,4-9H2. The van der Waals surface area contributed by atoms with Crippen LogP contribution < -0.4 is 4.90 Å². The summed E-state index contributed by atoms with van der Waals surface area (Å²) in [4.78, 5) is 4.42. The SMILES string of the molecule is Fc1cccc(N2CCN(CCCl)CC2)c1Cl. The fourth-order valence-corrected chi connectivity index (χ4v) is 2.55. The van der Waals surface area contributed by atoms with Gasteiger partial charge in [-0.25, -0.2) is 4.39 Å². The molecule has 0 unspecified atom stereocenters. The van der Waals surface area contributed by atoms with Crippen molar-refractivity contribution in [3.05, 3.63) is 29.0 Å². The highest BCUT2D eigenvalue weighted by Gasteiger charge is 2.19. The lowest BCUT2D eigenvalue weighted by Crippen LogP contribution is -2.47. The predicted molar refractivity (Wildman–Crippen MR) is 70.8 cm³/mol. The molecule has 1 aliphatic heterocycles. The lowest BCUT2D eigenvalue weighted by Gasteiger charge is -2.36. The van der Waals surface area contributed by atoms with Crippen molar-refractivity contribution >= 4 is 28.9 Å². The zero-order valence-electron chi connectivity index (χ0n) is 9.50. The molecule has 0 bridgehead atoms. The summed E-state index contributed by atoms with van der Waals surface area (Å²) in [6.07, 6.45) is 0. The molecule has 1 aromatic carbocycles. The van der Waals surface area contributed by atoms with Gasteiger partial charge in [0.2, 0.25) is 0 Å². The minimum absolute atomic E-state index is 0.221. The molecule has 0 aromatic heterocycles. The Morgan fingerprint density at radius 2 is 1.88 bits per heavy atom. The van der Waals surface area contributed by atoms with Crippen LogP contribution in [0.3, 0.4) is 0 Å². The van der Waals surface area contributed by atoms with Crippen molar-refractivity contribution in [2.45, 2.75) is 0 Å². The fraction of sp³-hybridized carbons (Fsp3) is 0.500. The minimum Gasteiger partial charge on any atom is -0.368 e. The van der Waals surface area contributed by atoms with Crippen LogP contribution >= 0.6 is 23.2 Å². The van der Waals surface area contributed by atoms with E-state index in [0.29, 0.717) is 5.88 Å². The molecule has 0 saturated carbocycles. The summed E-state index contributed by atoms with van der Waals surface area (Å²) in [5, 5.41) is 0.221. The van der Waals surface area contributed by atoms with Gasteiger partial charge in [0.1, 0.15) is 5.82 Å². The highest BCUT2D eigenvalue weighted by atomic mass is 35.5. The third kappa shape index (κ3) is 3.03. The zero-order valence-corrected chi connectivity index (χ0v) is 11.0. The van der Waals surface area contributed by atoms with E-state index in [1.165, 1.54) is 6.07 Å². The molecule has 1 saturated heterocycles. The second-order valence-electron chi connectivity index (χ2n) is 4.09. The van der Waals surface area contributed by atoms with E-state index in [2.05, 4.69) is 9.80 Å². The maximum atomic E-state index is 13.3. The van der Waals surface area contributed by atoms with E-state index in [4.69, 9.17) is 23.2 Å². The number of halogens is 3. The van der Waals surface area contributed by atoms with E-state index in [1.807, 2.05) is 6.07 Å². The Hall–Kier alpha value is -0.510. The molecular weight excluding hydrogens is 262 g/mol. The van der Waals surface area contributed by atoms with Crippen LogP contribution in [0.5, 0.6) is 0 Å². The number of hydrogen-bond acceptors (Lipinski definition) is 2. The Labute approximate surface area is 111 Å². The first kappa shape index (κ1) is 12.9. The lowest BCUT2D eigenvalue weighted by atomic mass is 10.2. The van der Waals surface area contributed by atoms with Crippen LogP contribution in [0.2, 0.25) is 5.02 Å². The van der Waals surface area contributed by atoms with Gasteiger partial charge in [-0.15, -0.1) is 11.6 Å². The molecule has 0 atom stereocenters. The van der Waals surface area contributed by atoms with E-state index >= 15 is 0 Å². The Balaban J connectivity index is 2.03. The molecule has 0 amide bonds. The number of alkyl halides is 1. The Bertz CT molecular complexity index is 379. The highest BCUT2D eigenvalue weighted by Crippen LogP contribution is 2.28. The Kier molecular flexibility index (Phi) is 4.48. The first-order valence-electron chi connectivity index (χ1n) is 5.69. The maximum Gasteiger partial charge on any atom is 0.143 e. The quantitative estimate of drug-likeness (QED) is 0.784. The second kappa shape index (κ2) is 5.89. The molecule has 0 spiro atoms. The van der Waals surface area contributed by atoms with E-state index in [-0.39, 0.29) is 10.8 Å². The number of rotatable bonds is 3. The lowest BCUT2D eigenvalue weighted by molar-refractivity contribution is 0.272. The molecule has 0 aliphatic carbocycles. The van der Waals surface area contributed by atoms with Gasteiger partial charge >= 0.3 is 0 Å². The summed E-state index contributed by atoms with van der Waals surface area (Å²) in [7, 11) is 0. The molecule has 5 heteroatoms. The molecule has 2 nitrogen and oxygen atoms in total. The molecule has 0 radical (unpaired) electrons. The third-order valence-electron chi connectivity index (χ3n) is 3.04. The topological polar surface area (TPSA) is 6.48 Å². The molecule has 1 aromatic rings. The summed E-state index contributed by atoms with van der Waals surface area (Å²) >= 11 is 11.7. The average Bonchev–Trinajstić information content (AvgIpc) is 2.34. The van der Waals surface area contributed by atoms with Gasteiger partial charge in [0.05, 0.1) is 10.7 Å². The number of benzene rings is 1. The van der Waals surface area contributed by atoms with Gasteiger partial charge in [-0.2, -0.15) is 0 Å². The van der Waals surface area contributed by atoms with Crippen LogP contribution in [0, 0.1) is 5.82 Å². The summed E-state index contributed by atoms with van der Waals surface area (Å²) in [5.74, 6) is 0.299. The van der Waals surface area contributed by atoms with E-state index in [1.54, 1.807) is 6.07 Å². The summed E-state index contributed by atoms with van der Waals surface area (Å²) in [6, 6.07) is 4.94. The molecular formula is C12H15Cl2FN2. The molecule has 2 rings (SSSR count). The normalized spacial score (nSPS) is 17.5. The summed E-state index contributed by atoms with van der Waals surface area (Å²) in [6.45, 7) is 4.52. The second-order valence-corrected chi connectivity index (χ2v) is 4.85.